The molecule has 7 nitrogen and oxygen atoms in total. The molecule has 1 saturated heterocycles. The average molecular weight is 491 g/mol. The van der Waals surface area contributed by atoms with Crippen molar-refractivity contribution in [3.05, 3.63) is 82.6 Å². The third-order valence-electron chi connectivity index (χ3n) is 5.73. The van der Waals surface area contributed by atoms with Crippen LogP contribution in [0.1, 0.15) is 47.1 Å². The van der Waals surface area contributed by atoms with Crippen molar-refractivity contribution >= 4 is 27.5 Å². The second kappa shape index (κ2) is 9.62. The lowest BCUT2D eigenvalue weighted by Gasteiger charge is -2.26. The van der Waals surface area contributed by atoms with Crippen LogP contribution in [0.3, 0.4) is 0 Å². The summed E-state index contributed by atoms with van der Waals surface area (Å²) in [6.45, 7) is 0.840. The molecule has 174 valence electrons. The zero-order valence-electron chi connectivity index (χ0n) is 18.0. The number of sulfonamides is 1. The van der Waals surface area contributed by atoms with Crippen molar-refractivity contribution in [2.45, 2.75) is 30.2 Å². The quantitative estimate of drug-likeness (QED) is 0.568. The summed E-state index contributed by atoms with van der Waals surface area (Å²) in [5.74, 6) is -0.628. The molecule has 1 fully saturated rings. The lowest BCUT2D eigenvalue weighted by Crippen LogP contribution is -2.36. The number of hydrogen-bond donors (Lipinski definition) is 1. The Morgan fingerprint density at radius 3 is 2.55 bits per heavy atom. The number of aromatic nitrogens is 2. The van der Waals surface area contributed by atoms with E-state index in [-0.39, 0.29) is 21.0 Å². The van der Waals surface area contributed by atoms with Crippen LogP contribution in [0, 0.1) is 5.82 Å². The van der Waals surface area contributed by atoms with E-state index >= 15 is 0 Å². The van der Waals surface area contributed by atoms with Gasteiger partial charge in [-0.1, -0.05) is 36.2 Å². The molecule has 3 aromatic rings. The second-order valence-corrected chi connectivity index (χ2v) is 10.2. The smallest absolute Gasteiger partial charge is 0.252 e. The van der Waals surface area contributed by atoms with Crippen LogP contribution in [0.25, 0.3) is 0 Å². The first kappa shape index (κ1) is 23.4. The van der Waals surface area contributed by atoms with Crippen LogP contribution in [-0.2, 0) is 17.1 Å². The van der Waals surface area contributed by atoms with Crippen molar-refractivity contribution in [1.29, 1.82) is 0 Å². The van der Waals surface area contributed by atoms with Crippen molar-refractivity contribution in [2.24, 2.45) is 7.05 Å². The van der Waals surface area contributed by atoms with Gasteiger partial charge in [0.2, 0.25) is 10.0 Å². The van der Waals surface area contributed by atoms with Gasteiger partial charge in [-0.15, -0.1) is 0 Å². The van der Waals surface area contributed by atoms with Gasteiger partial charge in [0.15, 0.2) is 0 Å². The third-order valence-corrected chi connectivity index (χ3v) is 8.11. The van der Waals surface area contributed by atoms with E-state index in [1.165, 1.54) is 28.6 Å². The van der Waals surface area contributed by atoms with Crippen LogP contribution in [0.5, 0.6) is 0 Å². The van der Waals surface area contributed by atoms with Gasteiger partial charge in [-0.2, -0.15) is 4.31 Å². The van der Waals surface area contributed by atoms with Crippen molar-refractivity contribution in [3.63, 3.8) is 0 Å². The van der Waals surface area contributed by atoms with Gasteiger partial charge in [0.25, 0.3) is 5.91 Å². The number of carbonyl (C=O) groups excluding carboxylic acids is 1. The van der Waals surface area contributed by atoms with Gasteiger partial charge >= 0.3 is 0 Å². The van der Waals surface area contributed by atoms with Crippen LogP contribution in [0.2, 0.25) is 5.02 Å². The van der Waals surface area contributed by atoms with Crippen LogP contribution in [-0.4, -0.2) is 41.3 Å². The number of halogens is 2. The Morgan fingerprint density at radius 2 is 1.88 bits per heavy atom. The summed E-state index contributed by atoms with van der Waals surface area (Å²) in [6, 6.07) is 9.36. The molecular formula is C23H24ClFN4O3S. The van der Waals surface area contributed by atoms with E-state index in [0.717, 1.165) is 19.3 Å². The summed E-state index contributed by atoms with van der Waals surface area (Å²) in [4.78, 5) is 17.3. The number of piperidine rings is 1. The zero-order chi connectivity index (χ0) is 23.6. The largest absolute Gasteiger partial charge is 0.338 e. The fourth-order valence-corrected chi connectivity index (χ4v) is 5.96. The summed E-state index contributed by atoms with van der Waals surface area (Å²) in [5.41, 5.74) is 0.348. The summed E-state index contributed by atoms with van der Waals surface area (Å²) in [6.07, 6.45) is 5.80. The van der Waals surface area contributed by atoms with Crippen LogP contribution >= 0.6 is 11.6 Å². The summed E-state index contributed by atoms with van der Waals surface area (Å²) in [5, 5.41) is 2.85. The molecule has 2 heterocycles. The number of amides is 1. The van der Waals surface area contributed by atoms with Crippen molar-refractivity contribution in [1.82, 2.24) is 19.2 Å². The number of nitrogens with zero attached hydrogens (tertiary/aromatic N) is 3. The molecule has 33 heavy (non-hydrogen) atoms. The molecule has 0 radical (unpaired) electrons. The van der Waals surface area contributed by atoms with Gasteiger partial charge < -0.3 is 9.88 Å². The third kappa shape index (κ3) is 4.80. The predicted molar refractivity (Wildman–Crippen MR) is 123 cm³/mol. The number of aryl methyl sites for hydroxylation is 1. The van der Waals surface area contributed by atoms with Gasteiger partial charge in [-0.25, -0.2) is 17.8 Å². The average Bonchev–Trinajstić information content (AvgIpc) is 3.24. The maximum atomic E-state index is 14.6. The summed E-state index contributed by atoms with van der Waals surface area (Å²) in [7, 11) is -2.10. The number of benzene rings is 2. The standard InChI is InChI=1S/C23H24ClFN4O3S/c1-28-14-11-26-22(28)21(17-7-3-4-8-19(17)25)27-23(30)16-9-10-18(24)20(15-16)33(31,32)29-12-5-2-6-13-29/h3-4,7-11,14-15,21H,2,5-6,12-13H2,1H3,(H,27,30)/t21-/m1/s1. The minimum absolute atomic E-state index is 0.0480. The van der Waals surface area contributed by atoms with Gasteiger partial charge in [-0.3, -0.25) is 4.79 Å². The molecule has 1 N–H and O–H groups in total. The van der Waals surface area contributed by atoms with Crippen LogP contribution in [0.4, 0.5) is 4.39 Å². The highest BCUT2D eigenvalue weighted by Crippen LogP contribution is 2.29. The Morgan fingerprint density at radius 1 is 1.15 bits per heavy atom. The Bertz CT molecular complexity index is 1270. The highest BCUT2D eigenvalue weighted by molar-refractivity contribution is 7.89. The van der Waals surface area contributed by atoms with E-state index in [0.29, 0.717) is 18.9 Å². The number of imidazole rings is 1. The van der Waals surface area contributed by atoms with E-state index in [4.69, 9.17) is 11.6 Å². The Labute approximate surface area is 197 Å². The molecule has 1 aliphatic rings. The Balaban J connectivity index is 1.68. The highest BCUT2D eigenvalue weighted by atomic mass is 35.5. The molecule has 1 aliphatic heterocycles. The fraction of sp³-hybridized carbons (Fsp3) is 0.304. The topological polar surface area (TPSA) is 84.3 Å². The molecule has 0 unspecified atom stereocenters. The van der Waals surface area contributed by atoms with Crippen molar-refractivity contribution < 1.29 is 17.6 Å². The first-order chi connectivity index (χ1) is 15.8. The SMILES string of the molecule is Cn1ccnc1[C@H](NC(=O)c1ccc(Cl)c(S(=O)(=O)N2CCCCC2)c1)c1ccccc1F. The van der Waals surface area contributed by atoms with E-state index in [2.05, 4.69) is 10.3 Å². The van der Waals surface area contributed by atoms with Crippen LogP contribution < -0.4 is 5.32 Å². The molecule has 2 aromatic carbocycles. The van der Waals surface area contributed by atoms with E-state index in [1.54, 1.807) is 42.2 Å². The summed E-state index contributed by atoms with van der Waals surface area (Å²) < 4.78 is 44.0. The van der Waals surface area contributed by atoms with E-state index in [9.17, 15) is 17.6 Å². The first-order valence-corrected chi connectivity index (χ1v) is 12.4. The first-order valence-electron chi connectivity index (χ1n) is 10.6. The van der Waals surface area contributed by atoms with Crippen LogP contribution in [0.15, 0.2) is 59.8 Å². The van der Waals surface area contributed by atoms with E-state index < -0.39 is 27.8 Å². The maximum absolute atomic E-state index is 14.6. The van der Waals surface area contributed by atoms with E-state index in [1.807, 2.05) is 0 Å². The Hall–Kier alpha value is -2.75. The van der Waals surface area contributed by atoms with Crippen molar-refractivity contribution in [2.75, 3.05) is 13.1 Å². The Kier molecular flexibility index (Phi) is 6.83. The summed E-state index contributed by atoms with van der Waals surface area (Å²) >= 11 is 6.23. The molecule has 0 bridgehead atoms. The minimum atomic E-state index is -3.84. The minimum Gasteiger partial charge on any atom is -0.338 e. The second-order valence-electron chi connectivity index (χ2n) is 7.93. The predicted octanol–water partition coefficient (Wildman–Crippen LogP) is 3.91. The molecular weight excluding hydrogens is 467 g/mol. The molecule has 10 heteroatoms. The fourth-order valence-electron chi connectivity index (χ4n) is 3.95. The molecule has 0 spiro atoms. The molecule has 0 aliphatic carbocycles. The maximum Gasteiger partial charge on any atom is 0.252 e. The molecule has 1 atom stereocenters. The molecule has 0 saturated carbocycles. The zero-order valence-corrected chi connectivity index (χ0v) is 19.6. The molecule has 1 amide bonds. The van der Waals surface area contributed by atoms with Gasteiger partial charge in [0, 0.05) is 43.7 Å². The lowest BCUT2D eigenvalue weighted by molar-refractivity contribution is 0.0940. The van der Waals surface area contributed by atoms with Gasteiger partial charge in [-0.05, 0) is 37.1 Å². The molecule has 4 rings (SSSR count). The number of rotatable bonds is 6. The van der Waals surface area contributed by atoms with Gasteiger partial charge in [0.05, 0.1) is 5.02 Å². The van der Waals surface area contributed by atoms with Crippen molar-refractivity contribution in [3.8, 4) is 0 Å². The highest BCUT2D eigenvalue weighted by Gasteiger charge is 2.30. The molecule has 1 aromatic heterocycles. The lowest BCUT2D eigenvalue weighted by atomic mass is 10.0. The monoisotopic (exact) mass is 490 g/mol. The normalized spacial score (nSPS) is 15.8. The van der Waals surface area contributed by atoms with Gasteiger partial charge in [0.1, 0.15) is 22.6 Å². The number of hydrogen-bond acceptors (Lipinski definition) is 4. The number of nitrogens with one attached hydrogen (secondary N) is 1. The number of carbonyl (C=O) groups is 1.